The van der Waals surface area contributed by atoms with Gasteiger partial charge < -0.3 is 4.90 Å². The molecule has 0 aromatic heterocycles. The quantitative estimate of drug-likeness (QED) is 0.739. The fraction of sp³-hybridized carbons (Fsp3) is 0.917. The predicted octanol–water partition coefficient (Wildman–Crippen LogP) is 1.97. The van der Waals surface area contributed by atoms with Gasteiger partial charge in [-0.3, -0.25) is 9.69 Å². The average Bonchev–Trinajstić information content (AvgIpc) is 2.91. The van der Waals surface area contributed by atoms with Gasteiger partial charge in [-0.1, -0.05) is 12.8 Å². The molecule has 0 aromatic rings. The van der Waals surface area contributed by atoms with E-state index >= 15 is 0 Å². The highest BCUT2D eigenvalue weighted by molar-refractivity contribution is 5.84. The van der Waals surface area contributed by atoms with Crippen LogP contribution >= 0.6 is 0 Å². The third-order valence-electron chi connectivity index (χ3n) is 4.00. The Morgan fingerprint density at radius 3 is 2.05 bits per heavy atom. The van der Waals surface area contributed by atoms with Gasteiger partial charge in [-0.05, 0) is 12.8 Å². The van der Waals surface area contributed by atoms with Gasteiger partial charge in [0.2, 0.25) is 0 Å². The van der Waals surface area contributed by atoms with E-state index in [1.54, 1.807) is 0 Å². The molecule has 7 heteroatoms. The van der Waals surface area contributed by atoms with E-state index in [2.05, 4.69) is 4.90 Å². The Morgan fingerprint density at radius 1 is 1.05 bits per heavy atom. The summed E-state index contributed by atoms with van der Waals surface area (Å²) in [4.78, 5) is 14.4. The molecule has 1 saturated carbocycles. The summed E-state index contributed by atoms with van der Waals surface area (Å²) < 4.78 is 50.2. The molecule has 0 unspecified atom stereocenters. The smallest absolute Gasteiger partial charge is 0.335 e. The van der Waals surface area contributed by atoms with Gasteiger partial charge in [0.15, 0.2) is 0 Å². The number of rotatable bonds is 3. The van der Waals surface area contributed by atoms with Crippen molar-refractivity contribution in [2.24, 2.45) is 0 Å². The average molecular weight is 282 g/mol. The van der Waals surface area contributed by atoms with Crippen LogP contribution in [0.5, 0.6) is 0 Å². The van der Waals surface area contributed by atoms with Crippen LogP contribution in [0.4, 0.5) is 17.6 Å². The van der Waals surface area contributed by atoms with Gasteiger partial charge in [-0.2, -0.15) is 8.78 Å². The second-order valence-electron chi connectivity index (χ2n) is 5.19. The molecule has 1 aliphatic heterocycles. The van der Waals surface area contributed by atoms with Gasteiger partial charge >= 0.3 is 12.3 Å². The molecule has 1 amide bonds. The first-order chi connectivity index (χ1) is 8.93. The number of amides is 1. The Balaban J connectivity index is 1.87. The summed E-state index contributed by atoms with van der Waals surface area (Å²) in [6, 6.07) is 0.466. The second kappa shape index (κ2) is 5.64. The zero-order chi connectivity index (χ0) is 14.0. The molecule has 0 bridgehead atoms. The third-order valence-corrected chi connectivity index (χ3v) is 4.00. The van der Waals surface area contributed by atoms with E-state index in [0.717, 1.165) is 17.7 Å². The highest BCUT2D eigenvalue weighted by Crippen LogP contribution is 2.28. The molecule has 19 heavy (non-hydrogen) atoms. The Bertz CT molecular complexity index is 324. The Labute approximate surface area is 109 Å². The van der Waals surface area contributed by atoms with E-state index in [0.29, 0.717) is 19.1 Å². The molecule has 2 aliphatic rings. The summed E-state index contributed by atoms with van der Waals surface area (Å²) in [5.41, 5.74) is 0. The van der Waals surface area contributed by atoms with Gasteiger partial charge in [-0.25, -0.2) is 8.78 Å². The van der Waals surface area contributed by atoms with Crippen molar-refractivity contribution < 1.29 is 22.4 Å². The molecule has 1 heterocycles. The lowest BCUT2D eigenvalue weighted by atomic mass is 10.1. The van der Waals surface area contributed by atoms with Crippen LogP contribution in [-0.4, -0.2) is 60.3 Å². The van der Waals surface area contributed by atoms with Gasteiger partial charge in [0, 0.05) is 32.2 Å². The summed E-state index contributed by atoms with van der Waals surface area (Å²) >= 11 is 0. The molecule has 2 fully saturated rings. The summed E-state index contributed by atoms with van der Waals surface area (Å²) in [6.45, 7) is 1.21. The van der Waals surface area contributed by atoms with Crippen molar-refractivity contribution >= 4 is 5.91 Å². The Kier molecular flexibility index (Phi) is 4.32. The first-order valence-electron chi connectivity index (χ1n) is 6.62. The monoisotopic (exact) mass is 282 g/mol. The van der Waals surface area contributed by atoms with Crippen molar-refractivity contribution in [1.82, 2.24) is 9.80 Å². The van der Waals surface area contributed by atoms with Crippen LogP contribution in [0.15, 0.2) is 0 Å². The van der Waals surface area contributed by atoms with Crippen LogP contribution in [-0.2, 0) is 4.79 Å². The van der Waals surface area contributed by atoms with E-state index in [1.165, 1.54) is 12.8 Å². The molecular weight excluding hydrogens is 264 g/mol. The molecule has 0 N–H and O–H groups in total. The maximum atomic E-state index is 13.0. The third kappa shape index (κ3) is 3.01. The summed E-state index contributed by atoms with van der Waals surface area (Å²) in [7, 11) is 0. The van der Waals surface area contributed by atoms with E-state index in [4.69, 9.17) is 0 Å². The highest BCUT2D eigenvalue weighted by Gasteiger charge is 2.51. The molecule has 0 atom stereocenters. The van der Waals surface area contributed by atoms with Crippen molar-refractivity contribution in [2.45, 2.75) is 44.1 Å². The minimum Gasteiger partial charge on any atom is -0.335 e. The van der Waals surface area contributed by atoms with Crippen molar-refractivity contribution in [3.8, 4) is 0 Å². The van der Waals surface area contributed by atoms with Crippen LogP contribution in [0.3, 0.4) is 0 Å². The zero-order valence-corrected chi connectivity index (χ0v) is 10.6. The first kappa shape index (κ1) is 14.6. The van der Waals surface area contributed by atoms with E-state index in [9.17, 15) is 22.4 Å². The summed E-state index contributed by atoms with van der Waals surface area (Å²) in [6.07, 6.45) is 0.607. The minimum absolute atomic E-state index is 0.109. The van der Waals surface area contributed by atoms with Gasteiger partial charge in [0.25, 0.3) is 5.91 Å². The number of carbonyl (C=O) groups is 1. The lowest BCUT2D eigenvalue weighted by Gasteiger charge is -2.38. The summed E-state index contributed by atoms with van der Waals surface area (Å²) in [5.74, 6) is -6.30. The fourth-order valence-corrected chi connectivity index (χ4v) is 2.86. The highest BCUT2D eigenvalue weighted by atomic mass is 19.3. The largest absolute Gasteiger partial charge is 0.383 e. The Morgan fingerprint density at radius 2 is 1.58 bits per heavy atom. The lowest BCUT2D eigenvalue weighted by Crippen LogP contribution is -2.56. The SMILES string of the molecule is O=C(N1CCN(C2CCCC2)CC1)C(F)(F)C(F)F. The molecule has 3 nitrogen and oxygen atoms in total. The normalized spacial score (nSPS) is 23.3. The number of carbonyl (C=O) groups excluding carboxylic acids is 1. The molecular formula is C12H18F4N2O. The van der Waals surface area contributed by atoms with Crippen molar-refractivity contribution in [3.05, 3.63) is 0 Å². The van der Waals surface area contributed by atoms with Crippen LogP contribution in [0.25, 0.3) is 0 Å². The van der Waals surface area contributed by atoms with Crippen LogP contribution in [0.1, 0.15) is 25.7 Å². The maximum Gasteiger partial charge on any atom is 0.383 e. The van der Waals surface area contributed by atoms with E-state index in [1.807, 2.05) is 0 Å². The lowest BCUT2D eigenvalue weighted by molar-refractivity contribution is -0.182. The molecule has 1 saturated heterocycles. The van der Waals surface area contributed by atoms with Gasteiger partial charge in [0.1, 0.15) is 0 Å². The predicted molar refractivity (Wildman–Crippen MR) is 61.4 cm³/mol. The number of hydrogen-bond acceptors (Lipinski definition) is 2. The Hall–Kier alpha value is -0.850. The van der Waals surface area contributed by atoms with Crippen molar-refractivity contribution in [1.29, 1.82) is 0 Å². The summed E-state index contributed by atoms with van der Waals surface area (Å²) in [5, 5.41) is 0. The standard InChI is InChI=1S/C12H18F4N2O/c13-10(14)12(15,16)11(19)18-7-5-17(6-8-18)9-3-1-2-4-9/h9-10H,1-8H2. The molecule has 0 aromatic carbocycles. The van der Waals surface area contributed by atoms with Gasteiger partial charge in [-0.15, -0.1) is 0 Å². The number of piperazine rings is 1. The van der Waals surface area contributed by atoms with Gasteiger partial charge in [0.05, 0.1) is 0 Å². The topological polar surface area (TPSA) is 23.6 Å². The number of hydrogen-bond donors (Lipinski definition) is 0. The maximum absolute atomic E-state index is 13.0. The minimum atomic E-state index is -4.56. The van der Waals surface area contributed by atoms with E-state index in [-0.39, 0.29) is 13.1 Å². The van der Waals surface area contributed by atoms with Crippen LogP contribution < -0.4 is 0 Å². The first-order valence-corrected chi connectivity index (χ1v) is 6.62. The van der Waals surface area contributed by atoms with Crippen LogP contribution in [0.2, 0.25) is 0 Å². The van der Waals surface area contributed by atoms with Crippen molar-refractivity contribution in [3.63, 3.8) is 0 Å². The fourth-order valence-electron chi connectivity index (χ4n) is 2.86. The number of halogens is 4. The molecule has 1 aliphatic carbocycles. The van der Waals surface area contributed by atoms with Crippen LogP contribution in [0, 0.1) is 0 Å². The zero-order valence-electron chi connectivity index (χ0n) is 10.6. The number of alkyl halides is 4. The van der Waals surface area contributed by atoms with Crippen molar-refractivity contribution in [2.75, 3.05) is 26.2 Å². The molecule has 2 rings (SSSR count). The van der Waals surface area contributed by atoms with E-state index < -0.39 is 18.3 Å². The molecule has 0 radical (unpaired) electrons. The molecule has 110 valence electrons. The number of nitrogens with zero attached hydrogens (tertiary/aromatic N) is 2. The molecule has 0 spiro atoms. The second-order valence-corrected chi connectivity index (χ2v) is 5.19.